The molecule has 0 bridgehead atoms. The van der Waals surface area contributed by atoms with E-state index >= 15 is 0 Å². The highest BCUT2D eigenvalue weighted by molar-refractivity contribution is 6.04. The van der Waals surface area contributed by atoms with Crippen LogP contribution in [0.4, 0.5) is 11.4 Å². The van der Waals surface area contributed by atoms with Crippen LogP contribution in [0.1, 0.15) is 47.1 Å². The summed E-state index contributed by atoms with van der Waals surface area (Å²) in [7, 11) is 0. The molecule has 0 unspecified atom stereocenters. The minimum Gasteiger partial charge on any atom is -0.467 e. The Bertz CT molecular complexity index is 886. The molecular formula is C21H23N3O2. The number of hydrogen-bond donors (Lipinski definition) is 2. The van der Waals surface area contributed by atoms with Crippen molar-refractivity contribution in [2.75, 3.05) is 10.6 Å². The van der Waals surface area contributed by atoms with E-state index in [4.69, 9.17) is 4.42 Å². The van der Waals surface area contributed by atoms with E-state index < -0.39 is 0 Å². The third-order valence-corrected chi connectivity index (χ3v) is 4.20. The SMILES string of the molecule is Cc1cccc(C(C)C)c1NC(=O)c1cc(NCc2ccco2)ccn1. The lowest BCUT2D eigenvalue weighted by Crippen LogP contribution is -2.16. The summed E-state index contributed by atoms with van der Waals surface area (Å²) >= 11 is 0. The van der Waals surface area contributed by atoms with Gasteiger partial charge in [-0.05, 0) is 48.2 Å². The predicted molar refractivity (Wildman–Crippen MR) is 103 cm³/mol. The summed E-state index contributed by atoms with van der Waals surface area (Å²) in [5, 5.41) is 6.26. The molecule has 5 nitrogen and oxygen atoms in total. The van der Waals surface area contributed by atoms with Gasteiger partial charge in [0.1, 0.15) is 11.5 Å². The highest BCUT2D eigenvalue weighted by atomic mass is 16.3. The maximum absolute atomic E-state index is 12.7. The second kappa shape index (κ2) is 7.87. The van der Waals surface area contributed by atoms with E-state index in [9.17, 15) is 4.79 Å². The normalized spacial score (nSPS) is 10.8. The molecule has 0 aliphatic heterocycles. The fraction of sp³-hybridized carbons (Fsp3) is 0.238. The molecular weight excluding hydrogens is 326 g/mol. The van der Waals surface area contributed by atoms with Gasteiger partial charge in [0, 0.05) is 17.6 Å². The molecule has 0 radical (unpaired) electrons. The van der Waals surface area contributed by atoms with Gasteiger partial charge in [0.15, 0.2) is 0 Å². The molecule has 2 aromatic heterocycles. The van der Waals surface area contributed by atoms with Gasteiger partial charge in [0.05, 0.1) is 12.8 Å². The maximum Gasteiger partial charge on any atom is 0.274 e. The van der Waals surface area contributed by atoms with Crippen molar-refractivity contribution in [1.29, 1.82) is 0 Å². The molecule has 1 aromatic carbocycles. The number of nitrogens with zero attached hydrogens (tertiary/aromatic N) is 1. The molecule has 3 aromatic rings. The van der Waals surface area contributed by atoms with E-state index in [1.807, 2.05) is 43.3 Å². The van der Waals surface area contributed by atoms with Crippen LogP contribution in [0.5, 0.6) is 0 Å². The molecule has 2 heterocycles. The number of aromatic nitrogens is 1. The number of furan rings is 1. The smallest absolute Gasteiger partial charge is 0.274 e. The summed E-state index contributed by atoms with van der Waals surface area (Å²) in [5.41, 5.74) is 4.20. The van der Waals surface area contributed by atoms with E-state index in [1.54, 1.807) is 18.5 Å². The quantitative estimate of drug-likeness (QED) is 0.659. The summed E-state index contributed by atoms with van der Waals surface area (Å²) in [4.78, 5) is 16.9. The van der Waals surface area contributed by atoms with E-state index in [0.717, 1.165) is 28.3 Å². The lowest BCUT2D eigenvalue weighted by atomic mass is 9.98. The largest absolute Gasteiger partial charge is 0.467 e. The van der Waals surface area contributed by atoms with Gasteiger partial charge >= 0.3 is 0 Å². The molecule has 0 aliphatic rings. The number of hydrogen-bond acceptors (Lipinski definition) is 4. The van der Waals surface area contributed by atoms with Crippen LogP contribution < -0.4 is 10.6 Å². The fourth-order valence-electron chi connectivity index (χ4n) is 2.79. The van der Waals surface area contributed by atoms with Crippen molar-refractivity contribution in [2.45, 2.75) is 33.2 Å². The first-order valence-electron chi connectivity index (χ1n) is 8.67. The zero-order valence-electron chi connectivity index (χ0n) is 15.2. The monoisotopic (exact) mass is 349 g/mol. The molecule has 0 spiro atoms. The highest BCUT2D eigenvalue weighted by Gasteiger charge is 2.14. The molecule has 5 heteroatoms. The van der Waals surface area contributed by atoms with Crippen LogP contribution in [0.15, 0.2) is 59.3 Å². The van der Waals surface area contributed by atoms with Crippen LogP contribution in [-0.4, -0.2) is 10.9 Å². The van der Waals surface area contributed by atoms with Crippen molar-refractivity contribution < 1.29 is 9.21 Å². The number of amides is 1. The second-order valence-corrected chi connectivity index (χ2v) is 6.51. The number of rotatable bonds is 6. The van der Waals surface area contributed by atoms with Crippen molar-refractivity contribution in [1.82, 2.24) is 4.98 Å². The standard InChI is InChI=1S/C21H23N3O2/c1-14(2)18-8-4-6-15(3)20(18)24-21(25)19-12-16(9-10-22-19)23-13-17-7-5-11-26-17/h4-12,14H,13H2,1-3H3,(H,22,23)(H,24,25). The lowest BCUT2D eigenvalue weighted by Gasteiger charge is -2.16. The van der Waals surface area contributed by atoms with Gasteiger partial charge in [-0.3, -0.25) is 9.78 Å². The van der Waals surface area contributed by atoms with Crippen LogP contribution in [0.3, 0.4) is 0 Å². The van der Waals surface area contributed by atoms with E-state index in [-0.39, 0.29) is 5.91 Å². The Balaban J connectivity index is 1.75. The van der Waals surface area contributed by atoms with Crippen LogP contribution in [0.2, 0.25) is 0 Å². The Kier molecular flexibility index (Phi) is 5.37. The Morgan fingerprint density at radius 2 is 2.04 bits per heavy atom. The molecule has 0 atom stereocenters. The van der Waals surface area contributed by atoms with Gasteiger partial charge in [-0.15, -0.1) is 0 Å². The number of carbonyl (C=O) groups is 1. The number of carbonyl (C=O) groups excluding carboxylic acids is 1. The predicted octanol–water partition coefficient (Wildman–Crippen LogP) is 4.97. The third-order valence-electron chi connectivity index (χ3n) is 4.20. The Morgan fingerprint density at radius 3 is 2.77 bits per heavy atom. The van der Waals surface area contributed by atoms with Crippen LogP contribution in [0, 0.1) is 6.92 Å². The fourth-order valence-corrected chi connectivity index (χ4v) is 2.79. The number of para-hydroxylation sites is 1. The summed E-state index contributed by atoms with van der Waals surface area (Å²) < 4.78 is 5.30. The van der Waals surface area contributed by atoms with Gasteiger partial charge in [-0.1, -0.05) is 32.0 Å². The van der Waals surface area contributed by atoms with Crippen LogP contribution in [0.25, 0.3) is 0 Å². The van der Waals surface area contributed by atoms with Gasteiger partial charge in [0.25, 0.3) is 5.91 Å². The van der Waals surface area contributed by atoms with Crippen molar-refractivity contribution in [3.63, 3.8) is 0 Å². The zero-order chi connectivity index (χ0) is 18.5. The Labute approximate surface area is 153 Å². The molecule has 26 heavy (non-hydrogen) atoms. The third kappa shape index (κ3) is 4.11. The van der Waals surface area contributed by atoms with Crippen LogP contribution in [-0.2, 0) is 6.54 Å². The summed E-state index contributed by atoms with van der Waals surface area (Å²) in [6, 6.07) is 13.4. The van der Waals surface area contributed by atoms with Gasteiger partial charge in [-0.2, -0.15) is 0 Å². The number of pyridine rings is 1. The van der Waals surface area contributed by atoms with Gasteiger partial charge in [-0.25, -0.2) is 0 Å². The van der Waals surface area contributed by atoms with Crippen LogP contribution >= 0.6 is 0 Å². The molecule has 0 fully saturated rings. The molecule has 0 aliphatic carbocycles. The average Bonchev–Trinajstić information content (AvgIpc) is 3.15. The first-order valence-corrected chi connectivity index (χ1v) is 8.67. The first kappa shape index (κ1) is 17.7. The lowest BCUT2D eigenvalue weighted by molar-refractivity contribution is 0.102. The van der Waals surface area contributed by atoms with Gasteiger partial charge in [0.2, 0.25) is 0 Å². The van der Waals surface area contributed by atoms with Crippen molar-refractivity contribution >= 4 is 17.3 Å². The van der Waals surface area contributed by atoms with Crippen molar-refractivity contribution in [2.24, 2.45) is 0 Å². The van der Waals surface area contributed by atoms with Crippen molar-refractivity contribution in [3.8, 4) is 0 Å². The van der Waals surface area contributed by atoms with E-state index in [1.165, 1.54) is 0 Å². The summed E-state index contributed by atoms with van der Waals surface area (Å²) in [6.45, 7) is 6.77. The Morgan fingerprint density at radius 1 is 1.19 bits per heavy atom. The maximum atomic E-state index is 12.7. The minimum atomic E-state index is -0.220. The zero-order valence-corrected chi connectivity index (χ0v) is 15.2. The van der Waals surface area contributed by atoms with Gasteiger partial charge < -0.3 is 15.1 Å². The number of benzene rings is 1. The second-order valence-electron chi connectivity index (χ2n) is 6.51. The Hall–Kier alpha value is -3.08. The topological polar surface area (TPSA) is 67.2 Å². The molecule has 1 amide bonds. The molecule has 3 rings (SSSR count). The molecule has 0 saturated heterocycles. The minimum absolute atomic E-state index is 0.220. The summed E-state index contributed by atoms with van der Waals surface area (Å²) in [6.07, 6.45) is 3.26. The van der Waals surface area contributed by atoms with E-state index in [0.29, 0.717) is 18.2 Å². The molecule has 134 valence electrons. The summed E-state index contributed by atoms with van der Waals surface area (Å²) in [5.74, 6) is 0.927. The average molecular weight is 349 g/mol. The number of nitrogens with one attached hydrogen (secondary N) is 2. The number of anilines is 2. The molecule has 2 N–H and O–H groups in total. The first-order chi connectivity index (χ1) is 12.5. The van der Waals surface area contributed by atoms with Crippen molar-refractivity contribution in [3.05, 3.63) is 77.5 Å². The highest BCUT2D eigenvalue weighted by Crippen LogP contribution is 2.27. The molecule has 0 saturated carbocycles. The number of aryl methyl sites for hydroxylation is 1. The van der Waals surface area contributed by atoms with E-state index in [2.05, 4.69) is 29.5 Å².